The van der Waals surface area contributed by atoms with Crippen LogP contribution in [0.1, 0.15) is 21.8 Å². The van der Waals surface area contributed by atoms with Gasteiger partial charge in [0.25, 0.3) is 5.91 Å². The van der Waals surface area contributed by atoms with Crippen LogP contribution in [0.4, 0.5) is 0 Å². The van der Waals surface area contributed by atoms with Crippen molar-refractivity contribution in [2.75, 3.05) is 13.1 Å². The summed E-state index contributed by atoms with van der Waals surface area (Å²) < 4.78 is 5.47. The van der Waals surface area contributed by atoms with Gasteiger partial charge in [0.2, 0.25) is 0 Å². The van der Waals surface area contributed by atoms with Gasteiger partial charge in [-0.05, 0) is 48.1 Å². The molecule has 5 heteroatoms. The summed E-state index contributed by atoms with van der Waals surface area (Å²) in [5.74, 6) is 0.987. The molecule has 3 aromatic rings. The maximum Gasteiger partial charge on any atom is 0.275 e. The van der Waals surface area contributed by atoms with Crippen LogP contribution in [0, 0.1) is 6.92 Å². The Morgan fingerprint density at radius 1 is 1.12 bits per heavy atom. The Labute approximate surface area is 158 Å². The molecule has 0 aliphatic heterocycles. The predicted octanol–water partition coefficient (Wildman–Crippen LogP) is 2.59. The lowest BCUT2D eigenvalue weighted by molar-refractivity contribution is -0.920. The molecule has 1 amide bonds. The third-order valence-electron chi connectivity index (χ3n) is 4.40. The lowest BCUT2D eigenvalue weighted by atomic mass is 10.1. The van der Waals surface area contributed by atoms with Crippen molar-refractivity contribution in [3.05, 3.63) is 81.9 Å². The van der Waals surface area contributed by atoms with E-state index in [1.807, 2.05) is 30.3 Å². The summed E-state index contributed by atoms with van der Waals surface area (Å²) in [4.78, 5) is 14.9. The van der Waals surface area contributed by atoms with E-state index in [1.165, 1.54) is 20.9 Å². The Kier molecular flexibility index (Phi) is 6.63. The highest BCUT2D eigenvalue weighted by Crippen LogP contribution is 2.07. The third-order valence-corrected chi connectivity index (χ3v) is 5.27. The van der Waals surface area contributed by atoms with Crippen LogP contribution in [0.15, 0.2) is 64.6 Å². The number of carbonyl (C=O) groups excluding carboxylic acids is 1. The summed E-state index contributed by atoms with van der Waals surface area (Å²) in [5, 5.41) is 5.13. The van der Waals surface area contributed by atoms with Crippen LogP contribution in [0.5, 0.6) is 0 Å². The molecule has 2 N–H and O–H groups in total. The molecule has 1 atom stereocenters. The van der Waals surface area contributed by atoms with Crippen LogP contribution < -0.4 is 10.2 Å². The second-order valence-electron chi connectivity index (χ2n) is 6.47. The van der Waals surface area contributed by atoms with Crippen LogP contribution in [0.3, 0.4) is 0 Å². The summed E-state index contributed by atoms with van der Waals surface area (Å²) in [6, 6.07) is 16.3. The monoisotopic (exact) mass is 369 g/mol. The Balaban J connectivity index is 1.51. The van der Waals surface area contributed by atoms with Crippen molar-refractivity contribution in [2.45, 2.75) is 26.4 Å². The zero-order chi connectivity index (χ0) is 18.2. The highest BCUT2D eigenvalue weighted by molar-refractivity contribution is 7.09. The number of hydrogen-bond acceptors (Lipinski definition) is 3. The minimum atomic E-state index is 0.0803. The number of hydrogen-bond donors (Lipinski definition) is 2. The first kappa shape index (κ1) is 18.4. The number of carbonyl (C=O) groups is 1. The van der Waals surface area contributed by atoms with Crippen molar-refractivity contribution in [1.29, 1.82) is 0 Å². The first-order valence-electron chi connectivity index (χ1n) is 8.90. The van der Waals surface area contributed by atoms with Crippen LogP contribution in [-0.4, -0.2) is 19.0 Å². The van der Waals surface area contributed by atoms with Crippen LogP contribution in [-0.2, 0) is 24.3 Å². The fraction of sp³-hybridized carbons (Fsp3) is 0.286. The average Bonchev–Trinajstić information content (AvgIpc) is 3.30. The molecule has 0 saturated carbocycles. The van der Waals surface area contributed by atoms with Crippen molar-refractivity contribution in [2.24, 2.45) is 0 Å². The highest BCUT2D eigenvalue weighted by atomic mass is 32.1. The van der Waals surface area contributed by atoms with Crippen molar-refractivity contribution in [3.63, 3.8) is 0 Å². The maximum absolute atomic E-state index is 12.4. The van der Waals surface area contributed by atoms with Gasteiger partial charge >= 0.3 is 0 Å². The molecule has 2 aromatic heterocycles. The van der Waals surface area contributed by atoms with E-state index >= 15 is 0 Å². The van der Waals surface area contributed by atoms with Crippen molar-refractivity contribution in [3.8, 4) is 0 Å². The Bertz CT molecular complexity index is 761. The first-order valence-corrected chi connectivity index (χ1v) is 9.78. The normalized spacial score (nSPS) is 12.0. The van der Waals surface area contributed by atoms with Gasteiger partial charge in [-0.1, -0.05) is 30.3 Å². The SMILES string of the molecule is Cc1ccccc1CCNC(=O)C[NH+](Cc1ccco1)Cc1cccs1. The fourth-order valence-corrected chi connectivity index (χ4v) is 3.80. The fourth-order valence-electron chi connectivity index (χ4n) is 3.02. The van der Waals surface area contributed by atoms with Crippen molar-refractivity contribution < 1.29 is 14.1 Å². The molecule has 1 aromatic carbocycles. The van der Waals surface area contributed by atoms with Gasteiger partial charge in [-0.15, -0.1) is 11.3 Å². The Morgan fingerprint density at radius 3 is 2.73 bits per heavy atom. The number of aryl methyl sites for hydroxylation is 1. The topological polar surface area (TPSA) is 46.7 Å². The molecule has 26 heavy (non-hydrogen) atoms. The minimum Gasteiger partial charge on any atom is -0.463 e. The molecule has 0 aliphatic carbocycles. The molecule has 3 rings (SSSR count). The van der Waals surface area contributed by atoms with Gasteiger partial charge < -0.3 is 14.6 Å². The molecule has 0 fully saturated rings. The van der Waals surface area contributed by atoms with E-state index in [2.05, 4.69) is 35.8 Å². The predicted molar refractivity (Wildman–Crippen MR) is 104 cm³/mol. The van der Waals surface area contributed by atoms with E-state index < -0.39 is 0 Å². The molecular weight excluding hydrogens is 344 g/mol. The smallest absolute Gasteiger partial charge is 0.275 e. The number of quaternary nitrogens is 1. The lowest BCUT2D eigenvalue weighted by Gasteiger charge is -2.17. The van der Waals surface area contributed by atoms with Gasteiger partial charge in [0.05, 0.1) is 11.1 Å². The number of nitrogens with one attached hydrogen (secondary N) is 2. The number of amides is 1. The minimum absolute atomic E-state index is 0.0803. The highest BCUT2D eigenvalue weighted by Gasteiger charge is 2.17. The summed E-state index contributed by atoms with van der Waals surface area (Å²) in [7, 11) is 0. The van der Waals surface area contributed by atoms with Crippen LogP contribution in [0.25, 0.3) is 0 Å². The van der Waals surface area contributed by atoms with Crippen LogP contribution in [0.2, 0.25) is 0 Å². The molecule has 0 bridgehead atoms. The van der Waals surface area contributed by atoms with E-state index in [0.717, 1.165) is 18.7 Å². The van der Waals surface area contributed by atoms with E-state index in [-0.39, 0.29) is 5.91 Å². The quantitative estimate of drug-likeness (QED) is 0.609. The third kappa shape index (κ3) is 5.58. The van der Waals surface area contributed by atoms with E-state index in [9.17, 15) is 4.79 Å². The van der Waals surface area contributed by atoms with E-state index in [0.29, 0.717) is 19.6 Å². The molecule has 136 valence electrons. The second-order valence-corrected chi connectivity index (χ2v) is 7.50. The Hall–Kier alpha value is -2.37. The second kappa shape index (κ2) is 9.36. The largest absolute Gasteiger partial charge is 0.463 e. The summed E-state index contributed by atoms with van der Waals surface area (Å²) in [6.07, 6.45) is 2.54. The number of thiophene rings is 1. The Morgan fingerprint density at radius 2 is 2.00 bits per heavy atom. The molecule has 2 heterocycles. The van der Waals surface area contributed by atoms with Crippen molar-refractivity contribution in [1.82, 2.24) is 5.32 Å². The molecule has 4 nitrogen and oxygen atoms in total. The van der Waals surface area contributed by atoms with Crippen molar-refractivity contribution >= 4 is 17.2 Å². The van der Waals surface area contributed by atoms with E-state index in [4.69, 9.17) is 4.42 Å². The van der Waals surface area contributed by atoms with Gasteiger partial charge in [0.15, 0.2) is 12.3 Å². The lowest BCUT2D eigenvalue weighted by Crippen LogP contribution is -3.10. The average molecular weight is 370 g/mol. The molecule has 0 spiro atoms. The molecule has 0 aliphatic rings. The molecule has 1 unspecified atom stereocenters. The number of furan rings is 1. The summed E-state index contributed by atoms with van der Waals surface area (Å²) >= 11 is 1.72. The zero-order valence-corrected chi connectivity index (χ0v) is 15.9. The van der Waals surface area contributed by atoms with E-state index in [1.54, 1.807) is 17.6 Å². The number of rotatable bonds is 9. The zero-order valence-electron chi connectivity index (χ0n) is 15.0. The van der Waals surface area contributed by atoms with Gasteiger partial charge in [0, 0.05) is 6.54 Å². The standard InChI is InChI=1S/C21H24N2O2S/c1-17-6-2-3-7-18(17)10-11-22-21(24)16-23(14-19-8-4-12-25-19)15-20-9-5-13-26-20/h2-9,12-13H,10-11,14-16H2,1H3,(H,22,24)/p+1. The summed E-state index contributed by atoms with van der Waals surface area (Å²) in [5.41, 5.74) is 2.55. The summed E-state index contributed by atoms with van der Waals surface area (Å²) in [6.45, 7) is 4.73. The van der Waals surface area contributed by atoms with Gasteiger partial charge in [-0.3, -0.25) is 4.79 Å². The van der Waals surface area contributed by atoms with Gasteiger partial charge in [-0.25, -0.2) is 0 Å². The molecule has 0 radical (unpaired) electrons. The first-order chi connectivity index (χ1) is 12.7. The number of benzene rings is 1. The van der Waals surface area contributed by atoms with Gasteiger partial charge in [0.1, 0.15) is 13.1 Å². The molecular formula is C21H25N2O2S+. The van der Waals surface area contributed by atoms with Gasteiger partial charge in [-0.2, -0.15) is 0 Å². The van der Waals surface area contributed by atoms with Crippen LogP contribution >= 0.6 is 11.3 Å². The maximum atomic E-state index is 12.4. The molecule has 0 saturated heterocycles.